The molecule has 148 valence electrons. The van der Waals surface area contributed by atoms with E-state index in [4.69, 9.17) is 4.74 Å². The first-order chi connectivity index (χ1) is 13.5. The summed E-state index contributed by atoms with van der Waals surface area (Å²) in [4.78, 5) is 38.1. The van der Waals surface area contributed by atoms with Crippen LogP contribution in [0.3, 0.4) is 0 Å². The van der Waals surface area contributed by atoms with Crippen LogP contribution in [0, 0.1) is 5.92 Å². The van der Waals surface area contributed by atoms with Crippen molar-refractivity contribution in [2.75, 3.05) is 18.5 Å². The summed E-state index contributed by atoms with van der Waals surface area (Å²) < 4.78 is 5.20. The molecule has 0 radical (unpaired) electrons. The van der Waals surface area contributed by atoms with Gasteiger partial charge in [-0.05, 0) is 49.8 Å². The smallest absolute Gasteiger partial charge is 0.341 e. The second-order valence-corrected chi connectivity index (χ2v) is 7.98. The highest BCUT2D eigenvalue weighted by Crippen LogP contribution is 2.40. The minimum absolute atomic E-state index is 0.172. The quantitative estimate of drug-likeness (QED) is 0.728. The Balaban J connectivity index is 1.71. The minimum Gasteiger partial charge on any atom is -0.462 e. The van der Waals surface area contributed by atoms with E-state index in [-0.39, 0.29) is 25.0 Å². The summed E-state index contributed by atoms with van der Waals surface area (Å²) in [7, 11) is 0. The van der Waals surface area contributed by atoms with E-state index < -0.39 is 5.97 Å². The summed E-state index contributed by atoms with van der Waals surface area (Å²) in [5.41, 5.74) is 1.95. The monoisotopic (exact) mass is 400 g/mol. The molecule has 0 saturated heterocycles. The molecule has 1 aliphatic rings. The molecular formula is C21H24N2O4S. The molecule has 1 atom stereocenters. The van der Waals surface area contributed by atoms with Crippen LogP contribution in [0.2, 0.25) is 0 Å². The molecule has 0 spiro atoms. The third-order valence-corrected chi connectivity index (χ3v) is 5.86. The second-order valence-electron chi connectivity index (χ2n) is 6.87. The number of carbonyl (C=O) groups is 3. The summed E-state index contributed by atoms with van der Waals surface area (Å²) in [6.45, 7) is 4.05. The Morgan fingerprint density at radius 2 is 1.96 bits per heavy atom. The molecule has 1 aromatic carbocycles. The molecule has 1 unspecified atom stereocenters. The van der Waals surface area contributed by atoms with Crippen LogP contribution in [0.5, 0.6) is 0 Å². The standard InChI is InChI=1S/C21H24N2O4S/c1-3-27-21(26)18-15-10-9-13(2)11-16(15)28-20(18)23-17(24)12-22-19(25)14-7-5-4-6-8-14/h4-8,13H,3,9-12H2,1-2H3,(H,22,25)(H,23,24). The van der Waals surface area contributed by atoms with Gasteiger partial charge in [-0.3, -0.25) is 9.59 Å². The number of carbonyl (C=O) groups excluding carboxylic acids is 3. The number of fused-ring (bicyclic) bond motifs is 1. The molecule has 0 bridgehead atoms. The zero-order valence-electron chi connectivity index (χ0n) is 16.0. The zero-order valence-corrected chi connectivity index (χ0v) is 16.9. The molecule has 0 fully saturated rings. The number of anilines is 1. The highest BCUT2D eigenvalue weighted by atomic mass is 32.1. The highest BCUT2D eigenvalue weighted by Gasteiger charge is 2.29. The lowest BCUT2D eigenvalue weighted by molar-refractivity contribution is -0.115. The lowest BCUT2D eigenvalue weighted by Gasteiger charge is -2.18. The van der Waals surface area contributed by atoms with E-state index in [0.29, 0.717) is 22.0 Å². The van der Waals surface area contributed by atoms with Crippen LogP contribution in [0.4, 0.5) is 5.00 Å². The summed E-state index contributed by atoms with van der Waals surface area (Å²) >= 11 is 1.43. The number of hydrogen-bond acceptors (Lipinski definition) is 5. The van der Waals surface area contributed by atoms with E-state index in [1.165, 1.54) is 11.3 Å². The van der Waals surface area contributed by atoms with Crippen molar-refractivity contribution in [3.8, 4) is 0 Å². The number of rotatable bonds is 6. The van der Waals surface area contributed by atoms with Crippen LogP contribution in [0.25, 0.3) is 0 Å². The van der Waals surface area contributed by atoms with E-state index in [9.17, 15) is 14.4 Å². The molecule has 2 aromatic rings. The van der Waals surface area contributed by atoms with Gasteiger partial charge in [-0.15, -0.1) is 11.3 Å². The van der Waals surface area contributed by atoms with Gasteiger partial charge in [-0.25, -0.2) is 4.79 Å². The van der Waals surface area contributed by atoms with Crippen molar-refractivity contribution in [2.24, 2.45) is 5.92 Å². The lowest BCUT2D eigenvalue weighted by atomic mass is 9.88. The van der Waals surface area contributed by atoms with Gasteiger partial charge < -0.3 is 15.4 Å². The summed E-state index contributed by atoms with van der Waals surface area (Å²) in [5.74, 6) is -0.546. The third kappa shape index (κ3) is 4.59. The van der Waals surface area contributed by atoms with Gasteiger partial charge in [-0.2, -0.15) is 0 Å². The van der Waals surface area contributed by atoms with Crippen molar-refractivity contribution in [3.05, 3.63) is 51.9 Å². The maximum absolute atomic E-state index is 12.5. The number of amides is 2. The molecule has 1 aliphatic carbocycles. The fraction of sp³-hybridized carbons (Fsp3) is 0.381. The van der Waals surface area contributed by atoms with Gasteiger partial charge in [0.2, 0.25) is 5.91 Å². The van der Waals surface area contributed by atoms with E-state index in [2.05, 4.69) is 17.6 Å². The molecule has 3 rings (SSSR count). The van der Waals surface area contributed by atoms with Gasteiger partial charge in [0.15, 0.2) is 0 Å². The maximum atomic E-state index is 12.5. The fourth-order valence-electron chi connectivity index (χ4n) is 3.28. The molecular weight excluding hydrogens is 376 g/mol. The molecule has 28 heavy (non-hydrogen) atoms. The van der Waals surface area contributed by atoms with E-state index in [1.54, 1.807) is 31.2 Å². The first-order valence-electron chi connectivity index (χ1n) is 9.44. The van der Waals surface area contributed by atoms with Crippen LogP contribution >= 0.6 is 11.3 Å². The number of thiophene rings is 1. The number of hydrogen-bond donors (Lipinski definition) is 2. The molecule has 0 aliphatic heterocycles. The molecule has 6 nitrogen and oxygen atoms in total. The highest BCUT2D eigenvalue weighted by molar-refractivity contribution is 7.17. The van der Waals surface area contributed by atoms with Gasteiger partial charge >= 0.3 is 5.97 Å². The molecule has 2 N–H and O–H groups in total. The average molecular weight is 401 g/mol. The van der Waals surface area contributed by atoms with Crippen molar-refractivity contribution >= 4 is 34.1 Å². The Labute approximate surface area is 168 Å². The SMILES string of the molecule is CCOC(=O)c1c(NC(=O)CNC(=O)c2ccccc2)sc2c1CCC(C)C2. The summed E-state index contributed by atoms with van der Waals surface area (Å²) in [5, 5.41) is 5.90. The van der Waals surface area contributed by atoms with Crippen molar-refractivity contribution in [2.45, 2.75) is 33.1 Å². The van der Waals surface area contributed by atoms with Crippen LogP contribution in [0.1, 0.15) is 51.4 Å². The average Bonchev–Trinajstić information content (AvgIpc) is 3.03. The first-order valence-corrected chi connectivity index (χ1v) is 10.3. The topological polar surface area (TPSA) is 84.5 Å². The van der Waals surface area contributed by atoms with Gasteiger partial charge in [0.25, 0.3) is 5.91 Å². The van der Waals surface area contributed by atoms with Crippen molar-refractivity contribution in [3.63, 3.8) is 0 Å². The number of benzene rings is 1. The Hall–Kier alpha value is -2.67. The summed E-state index contributed by atoms with van der Waals surface area (Å²) in [6.07, 6.45) is 2.71. The van der Waals surface area contributed by atoms with Crippen molar-refractivity contribution < 1.29 is 19.1 Å². The number of ether oxygens (including phenoxy) is 1. The predicted octanol–water partition coefficient (Wildman–Crippen LogP) is 3.42. The third-order valence-electron chi connectivity index (χ3n) is 4.69. The van der Waals surface area contributed by atoms with E-state index >= 15 is 0 Å². The second kappa shape index (κ2) is 9.01. The Morgan fingerprint density at radius 1 is 1.21 bits per heavy atom. The van der Waals surface area contributed by atoms with Crippen LogP contribution in [0.15, 0.2) is 30.3 Å². The Kier molecular flexibility index (Phi) is 6.46. The van der Waals surface area contributed by atoms with Crippen LogP contribution in [-0.4, -0.2) is 30.9 Å². The molecule has 7 heteroatoms. The maximum Gasteiger partial charge on any atom is 0.341 e. The Bertz CT molecular complexity index is 876. The molecule has 1 heterocycles. The zero-order chi connectivity index (χ0) is 20.1. The largest absolute Gasteiger partial charge is 0.462 e. The molecule has 0 saturated carbocycles. The van der Waals surface area contributed by atoms with Gasteiger partial charge in [0.1, 0.15) is 5.00 Å². The first kappa shape index (κ1) is 20.1. The van der Waals surface area contributed by atoms with Gasteiger partial charge in [-0.1, -0.05) is 25.1 Å². The van der Waals surface area contributed by atoms with E-state index in [1.807, 2.05) is 6.07 Å². The molecule has 1 aromatic heterocycles. The minimum atomic E-state index is -0.404. The summed E-state index contributed by atoms with van der Waals surface area (Å²) in [6, 6.07) is 8.70. The number of esters is 1. The Morgan fingerprint density at radius 3 is 2.68 bits per heavy atom. The lowest BCUT2D eigenvalue weighted by Crippen LogP contribution is -2.33. The molecule has 2 amide bonds. The van der Waals surface area contributed by atoms with Gasteiger partial charge in [0, 0.05) is 10.4 Å². The van der Waals surface area contributed by atoms with Crippen molar-refractivity contribution in [1.82, 2.24) is 5.32 Å². The predicted molar refractivity (Wildman–Crippen MR) is 109 cm³/mol. The number of nitrogens with one attached hydrogen (secondary N) is 2. The fourth-order valence-corrected chi connectivity index (χ4v) is 4.70. The normalized spacial score (nSPS) is 15.4. The van der Waals surface area contributed by atoms with E-state index in [0.717, 1.165) is 29.7 Å². The van der Waals surface area contributed by atoms with Gasteiger partial charge in [0.05, 0.1) is 18.7 Å². The van der Waals surface area contributed by atoms with Crippen LogP contribution < -0.4 is 10.6 Å². The van der Waals surface area contributed by atoms with Crippen molar-refractivity contribution in [1.29, 1.82) is 0 Å². The van der Waals surface area contributed by atoms with Crippen LogP contribution in [-0.2, 0) is 22.4 Å².